The third kappa shape index (κ3) is 1.87. The second kappa shape index (κ2) is 4.91. The van der Waals surface area contributed by atoms with Gasteiger partial charge in [0.25, 0.3) is 5.56 Å². The molecule has 4 atom stereocenters. The summed E-state index contributed by atoms with van der Waals surface area (Å²) in [6.07, 6.45) is -5.20. The van der Waals surface area contributed by atoms with E-state index in [0.717, 1.165) is 9.13 Å². The smallest absolute Gasteiger partial charge is 0.330 e. The number of nitrogens with two attached hydrogens (primary N) is 1. The Morgan fingerprint density at radius 2 is 2.05 bits per heavy atom. The minimum absolute atomic E-state index is 0.0968. The molecule has 120 valence electrons. The van der Waals surface area contributed by atoms with E-state index in [9.17, 15) is 19.8 Å². The van der Waals surface area contributed by atoms with Crippen LogP contribution < -0.4 is 17.0 Å². The zero-order valence-corrected chi connectivity index (χ0v) is 11.5. The molecule has 11 nitrogen and oxygen atoms in total. The lowest BCUT2D eigenvalue weighted by Crippen LogP contribution is -2.35. The maximum absolute atomic E-state index is 12.1. The number of aliphatic hydroxyl groups excluding tert-OH is 3. The molecule has 3 heterocycles. The van der Waals surface area contributed by atoms with Crippen molar-refractivity contribution in [1.29, 1.82) is 0 Å². The van der Waals surface area contributed by atoms with E-state index in [1.54, 1.807) is 0 Å². The number of aromatic nitrogens is 4. The lowest BCUT2D eigenvalue weighted by atomic mass is 10.1. The van der Waals surface area contributed by atoms with E-state index in [2.05, 4.69) is 9.97 Å². The second-order valence-corrected chi connectivity index (χ2v) is 5.06. The number of hydrogen-bond donors (Lipinski definition) is 5. The van der Waals surface area contributed by atoms with Gasteiger partial charge in [-0.3, -0.25) is 14.3 Å². The van der Waals surface area contributed by atoms with Gasteiger partial charge in [0.05, 0.1) is 6.61 Å². The average molecular weight is 313 g/mol. The van der Waals surface area contributed by atoms with Crippen molar-refractivity contribution < 1.29 is 20.1 Å². The molecule has 1 fully saturated rings. The number of H-pyrrole nitrogens is 1. The second-order valence-electron chi connectivity index (χ2n) is 5.06. The summed E-state index contributed by atoms with van der Waals surface area (Å²) in [5.74, 6) is -0.128. The van der Waals surface area contributed by atoms with Gasteiger partial charge in [0.2, 0.25) is 5.95 Å². The van der Waals surface area contributed by atoms with E-state index in [1.807, 2.05) is 0 Å². The molecule has 0 amide bonds. The monoisotopic (exact) mass is 313 g/mol. The lowest BCUT2D eigenvalue weighted by Gasteiger charge is -2.15. The van der Waals surface area contributed by atoms with Crippen LogP contribution in [0.4, 0.5) is 5.95 Å². The number of anilines is 1. The summed E-state index contributed by atoms with van der Waals surface area (Å²) < 4.78 is 7.24. The number of nitrogens with zero attached hydrogens (tertiary/aromatic N) is 3. The summed E-state index contributed by atoms with van der Waals surface area (Å²) >= 11 is 0. The molecule has 0 aromatic carbocycles. The van der Waals surface area contributed by atoms with E-state index in [0.29, 0.717) is 0 Å². The summed E-state index contributed by atoms with van der Waals surface area (Å²) in [4.78, 5) is 30.4. The van der Waals surface area contributed by atoms with Crippen LogP contribution in [-0.4, -0.2) is 59.3 Å². The number of rotatable bonds is 2. The van der Waals surface area contributed by atoms with E-state index < -0.39 is 42.4 Å². The first-order chi connectivity index (χ1) is 10.4. The van der Waals surface area contributed by atoms with Crippen molar-refractivity contribution in [3.8, 4) is 0 Å². The molecule has 2 aromatic heterocycles. The molecular weight excluding hydrogens is 298 g/mol. The Morgan fingerprint density at radius 1 is 1.36 bits per heavy atom. The first kappa shape index (κ1) is 14.7. The zero-order valence-electron chi connectivity index (χ0n) is 11.5. The summed E-state index contributed by atoms with van der Waals surface area (Å²) in [5, 5.41) is 28.9. The van der Waals surface area contributed by atoms with Gasteiger partial charge in [-0.15, -0.1) is 0 Å². The number of nitrogen functional groups attached to an aromatic ring is 1. The Hall–Kier alpha value is -2.21. The minimum atomic E-state index is -1.47. The molecule has 1 saturated heterocycles. The standard InChI is InChI=1S/C11H15N5O6/c1-15-8(20)4-7(14-10(15)12)16(11(21)13-4)9-6(19)5(18)3(2-17)22-9/h3,5-6,9,17-19H,2H2,1H3,(H2,12,14)(H,13,21). The average Bonchev–Trinajstić information content (AvgIpc) is 2.95. The van der Waals surface area contributed by atoms with Crippen molar-refractivity contribution in [1.82, 2.24) is 19.1 Å². The molecule has 0 saturated carbocycles. The van der Waals surface area contributed by atoms with Gasteiger partial charge in [-0.1, -0.05) is 0 Å². The minimum Gasteiger partial charge on any atom is -0.394 e. The van der Waals surface area contributed by atoms with Gasteiger partial charge in [-0.25, -0.2) is 9.36 Å². The van der Waals surface area contributed by atoms with Gasteiger partial charge >= 0.3 is 5.69 Å². The molecule has 0 bridgehead atoms. The highest BCUT2D eigenvalue weighted by Crippen LogP contribution is 2.29. The van der Waals surface area contributed by atoms with Crippen LogP contribution in [0.1, 0.15) is 6.23 Å². The van der Waals surface area contributed by atoms with Crippen molar-refractivity contribution in [2.75, 3.05) is 12.3 Å². The van der Waals surface area contributed by atoms with Crippen molar-refractivity contribution in [3.63, 3.8) is 0 Å². The zero-order chi connectivity index (χ0) is 16.2. The van der Waals surface area contributed by atoms with Gasteiger partial charge in [0.15, 0.2) is 17.4 Å². The number of hydrogen-bond acceptors (Lipinski definition) is 8. The summed E-state index contributed by atoms with van der Waals surface area (Å²) in [5.41, 5.74) is 4.10. The molecule has 11 heteroatoms. The molecule has 1 aliphatic rings. The predicted octanol–water partition coefficient (Wildman–Crippen LogP) is -3.38. The highest BCUT2D eigenvalue weighted by molar-refractivity contribution is 5.70. The number of aliphatic hydroxyl groups is 3. The van der Waals surface area contributed by atoms with Crippen LogP contribution in [0.15, 0.2) is 9.59 Å². The van der Waals surface area contributed by atoms with Crippen LogP contribution in [-0.2, 0) is 11.8 Å². The van der Waals surface area contributed by atoms with Crippen LogP contribution in [0.25, 0.3) is 11.2 Å². The molecular formula is C11H15N5O6. The van der Waals surface area contributed by atoms with Crippen molar-refractivity contribution in [2.24, 2.45) is 7.05 Å². The normalized spacial score (nSPS) is 28.5. The van der Waals surface area contributed by atoms with Crippen molar-refractivity contribution in [2.45, 2.75) is 24.5 Å². The molecule has 22 heavy (non-hydrogen) atoms. The van der Waals surface area contributed by atoms with E-state index >= 15 is 0 Å². The van der Waals surface area contributed by atoms with Crippen molar-refractivity contribution in [3.05, 3.63) is 20.8 Å². The van der Waals surface area contributed by atoms with E-state index in [-0.39, 0.29) is 17.1 Å². The fourth-order valence-corrected chi connectivity index (χ4v) is 2.48. The Kier molecular flexibility index (Phi) is 3.29. The Balaban J connectivity index is 2.22. The molecule has 2 aromatic rings. The molecule has 0 radical (unpaired) electrons. The van der Waals surface area contributed by atoms with E-state index in [4.69, 9.17) is 15.6 Å². The maximum Gasteiger partial charge on any atom is 0.330 e. The third-order valence-corrected chi connectivity index (χ3v) is 3.76. The first-order valence-corrected chi connectivity index (χ1v) is 6.46. The van der Waals surface area contributed by atoms with Crippen molar-refractivity contribution >= 4 is 17.1 Å². The van der Waals surface area contributed by atoms with Gasteiger partial charge in [-0.05, 0) is 0 Å². The predicted molar refractivity (Wildman–Crippen MR) is 73.0 cm³/mol. The van der Waals surface area contributed by atoms with Gasteiger partial charge in [0, 0.05) is 7.05 Å². The highest BCUT2D eigenvalue weighted by Gasteiger charge is 2.44. The van der Waals surface area contributed by atoms with E-state index in [1.165, 1.54) is 7.05 Å². The fourth-order valence-electron chi connectivity index (χ4n) is 2.48. The highest BCUT2D eigenvalue weighted by atomic mass is 16.6. The van der Waals surface area contributed by atoms with Crippen LogP contribution in [0.5, 0.6) is 0 Å². The molecule has 6 N–H and O–H groups in total. The van der Waals surface area contributed by atoms with Crippen LogP contribution in [0.2, 0.25) is 0 Å². The number of aromatic amines is 1. The maximum atomic E-state index is 12.1. The molecule has 4 unspecified atom stereocenters. The number of nitrogens with one attached hydrogen (secondary N) is 1. The first-order valence-electron chi connectivity index (χ1n) is 6.46. The molecule has 1 aliphatic heterocycles. The fraction of sp³-hybridized carbons (Fsp3) is 0.545. The number of imidazole rings is 1. The van der Waals surface area contributed by atoms with Gasteiger partial charge in [-0.2, -0.15) is 4.98 Å². The largest absolute Gasteiger partial charge is 0.394 e. The van der Waals surface area contributed by atoms with Crippen LogP contribution >= 0.6 is 0 Å². The van der Waals surface area contributed by atoms with Gasteiger partial charge in [0.1, 0.15) is 18.3 Å². The van der Waals surface area contributed by atoms with Gasteiger partial charge < -0.3 is 25.8 Å². The number of ether oxygens (including phenoxy) is 1. The Labute approximate surface area is 122 Å². The summed E-state index contributed by atoms with van der Waals surface area (Å²) in [6, 6.07) is 0. The summed E-state index contributed by atoms with van der Waals surface area (Å²) in [6.45, 7) is -0.539. The molecule has 0 spiro atoms. The summed E-state index contributed by atoms with van der Waals surface area (Å²) in [7, 11) is 1.40. The quantitative estimate of drug-likeness (QED) is 0.382. The van der Waals surface area contributed by atoms with Crippen LogP contribution in [0.3, 0.4) is 0 Å². The number of fused-ring (bicyclic) bond motifs is 1. The lowest BCUT2D eigenvalue weighted by molar-refractivity contribution is -0.0524. The Bertz CT molecular complexity index is 838. The third-order valence-electron chi connectivity index (χ3n) is 3.76. The SMILES string of the molecule is Cn1c(N)nc2c([nH]c(=O)n2C2OC(CO)C(O)C2O)c1=O. The van der Waals surface area contributed by atoms with Crippen LogP contribution in [0, 0.1) is 0 Å². The topological polar surface area (TPSA) is 169 Å². The Morgan fingerprint density at radius 3 is 2.64 bits per heavy atom. The molecule has 3 rings (SSSR count). The molecule has 0 aliphatic carbocycles.